The van der Waals surface area contributed by atoms with Gasteiger partial charge < -0.3 is 5.73 Å². The molecule has 0 aliphatic heterocycles. The van der Waals surface area contributed by atoms with Crippen molar-refractivity contribution < 1.29 is 0 Å². The van der Waals surface area contributed by atoms with E-state index < -0.39 is 5.54 Å². The predicted octanol–water partition coefficient (Wildman–Crippen LogP) is 5.19. The minimum atomic E-state index is -0.412. The lowest BCUT2D eigenvalue weighted by Gasteiger charge is -2.30. The Balaban J connectivity index is 2.37. The molecule has 2 rings (SSSR count). The third-order valence-corrected chi connectivity index (χ3v) is 4.44. The molecule has 0 saturated heterocycles. The fourth-order valence-corrected chi connectivity index (χ4v) is 2.96. The SMILES string of the molecule is CCCC(N)(Cc1cccc(Cl)c1Cl)c1ccccc1. The second-order valence-corrected chi connectivity index (χ2v) is 5.95. The van der Waals surface area contributed by atoms with Gasteiger partial charge in [-0.3, -0.25) is 0 Å². The van der Waals surface area contributed by atoms with Crippen molar-refractivity contribution in [2.24, 2.45) is 5.73 Å². The summed E-state index contributed by atoms with van der Waals surface area (Å²) in [6.45, 7) is 2.14. The molecule has 3 heteroatoms. The lowest BCUT2D eigenvalue weighted by molar-refractivity contribution is 0.401. The summed E-state index contributed by atoms with van der Waals surface area (Å²) in [5.74, 6) is 0. The molecule has 0 heterocycles. The fourth-order valence-electron chi connectivity index (χ4n) is 2.58. The molecule has 0 aliphatic rings. The second kappa shape index (κ2) is 6.62. The molecule has 20 heavy (non-hydrogen) atoms. The first-order chi connectivity index (χ1) is 9.57. The number of hydrogen-bond donors (Lipinski definition) is 1. The van der Waals surface area contributed by atoms with E-state index in [4.69, 9.17) is 28.9 Å². The van der Waals surface area contributed by atoms with Crippen LogP contribution in [0.3, 0.4) is 0 Å². The predicted molar refractivity (Wildman–Crippen MR) is 87.4 cm³/mol. The van der Waals surface area contributed by atoms with Crippen LogP contribution >= 0.6 is 23.2 Å². The van der Waals surface area contributed by atoms with E-state index in [2.05, 4.69) is 19.1 Å². The van der Waals surface area contributed by atoms with Crippen LogP contribution in [0.1, 0.15) is 30.9 Å². The molecule has 1 atom stereocenters. The van der Waals surface area contributed by atoms with E-state index in [1.165, 1.54) is 0 Å². The zero-order valence-corrected chi connectivity index (χ0v) is 13.1. The monoisotopic (exact) mass is 307 g/mol. The van der Waals surface area contributed by atoms with Gasteiger partial charge in [0.05, 0.1) is 10.0 Å². The summed E-state index contributed by atoms with van der Waals surface area (Å²) in [6.07, 6.45) is 2.60. The van der Waals surface area contributed by atoms with Crippen molar-refractivity contribution in [1.82, 2.24) is 0 Å². The Morgan fingerprint density at radius 3 is 2.35 bits per heavy atom. The fraction of sp³-hybridized carbons (Fsp3) is 0.294. The summed E-state index contributed by atoms with van der Waals surface area (Å²) in [4.78, 5) is 0. The first kappa shape index (κ1) is 15.4. The van der Waals surface area contributed by atoms with Crippen molar-refractivity contribution in [3.63, 3.8) is 0 Å². The molecule has 0 aliphatic carbocycles. The van der Waals surface area contributed by atoms with Gasteiger partial charge in [-0.15, -0.1) is 0 Å². The maximum absolute atomic E-state index is 6.68. The number of rotatable bonds is 5. The molecule has 0 bridgehead atoms. The quantitative estimate of drug-likeness (QED) is 0.808. The smallest absolute Gasteiger partial charge is 0.0625 e. The summed E-state index contributed by atoms with van der Waals surface area (Å²) in [6, 6.07) is 15.9. The standard InChI is InChI=1S/C17H19Cl2N/c1-2-11-17(20,14-8-4-3-5-9-14)12-13-7-6-10-15(18)16(13)19/h3-10H,2,11-12,20H2,1H3. The van der Waals surface area contributed by atoms with E-state index >= 15 is 0 Å². The summed E-state index contributed by atoms with van der Waals surface area (Å²) in [5, 5.41) is 1.19. The highest BCUT2D eigenvalue weighted by atomic mass is 35.5. The van der Waals surface area contributed by atoms with Gasteiger partial charge in [-0.1, -0.05) is 79.0 Å². The zero-order valence-electron chi connectivity index (χ0n) is 11.6. The van der Waals surface area contributed by atoms with Gasteiger partial charge in [0.1, 0.15) is 0 Å². The van der Waals surface area contributed by atoms with Gasteiger partial charge in [-0.05, 0) is 30.0 Å². The molecule has 0 fully saturated rings. The summed E-state index contributed by atoms with van der Waals surface area (Å²) in [5.41, 5.74) is 8.40. The Morgan fingerprint density at radius 2 is 1.70 bits per heavy atom. The van der Waals surface area contributed by atoms with Crippen LogP contribution in [0, 0.1) is 0 Å². The van der Waals surface area contributed by atoms with Gasteiger partial charge in [0.15, 0.2) is 0 Å². The van der Waals surface area contributed by atoms with Crippen LogP contribution in [0.2, 0.25) is 10.0 Å². The molecule has 0 aromatic heterocycles. The Morgan fingerprint density at radius 1 is 1.00 bits per heavy atom. The summed E-state index contributed by atoms with van der Waals surface area (Å²) >= 11 is 12.4. The van der Waals surface area contributed by atoms with Crippen LogP contribution < -0.4 is 5.73 Å². The molecule has 0 spiro atoms. The molecule has 2 N–H and O–H groups in total. The number of hydrogen-bond acceptors (Lipinski definition) is 1. The molecule has 1 nitrogen and oxygen atoms in total. The number of nitrogens with two attached hydrogens (primary N) is 1. The molecule has 0 radical (unpaired) electrons. The van der Waals surface area contributed by atoms with Gasteiger partial charge in [0.2, 0.25) is 0 Å². The van der Waals surface area contributed by atoms with Gasteiger partial charge in [-0.2, -0.15) is 0 Å². The molecule has 1 unspecified atom stereocenters. The Labute approximate surface area is 130 Å². The molecular formula is C17H19Cl2N. The lowest BCUT2D eigenvalue weighted by atomic mass is 9.81. The highest BCUT2D eigenvalue weighted by molar-refractivity contribution is 6.42. The number of halogens is 2. The largest absolute Gasteiger partial charge is 0.321 e. The minimum Gasteiger partial charge on any atom is -0.321 e. The molecule has 0 saturated carbocycles. The summed E-state index contributed by atoms with van der Waals surface area (Å²) < 4.78 is 0. The highest BCUT2D eigenvalue weighted by Gasteiger charge is 2.27. The van der Waals surface area contributed by atoms with E-state index in [0.29, 0.717) is 16.5 Å². The minimum absolute atomic E-state index is 0.412. The molecule has 0 amide bonds. The van der Waals surface area contributed by atoms with Gasteiger partial charge >= 0.3 is 0 Å². The van der Waals surface area contributed by atoms with Crippen LogP contribution in [0.15, 0.2) is 48.5 Å². The van der Waals surface area contributed by atoms with Crippen molar-refractivity contribution in [2.75, 3.05) is 0 Å². The van der Waals surface area contributed by atoms with Crippen molar-refractivity contribution in [3.05, 3.63) is 69.7 Å². The van der Waals surface area contributed by atoms with Crippen molar-refractivity contribution in [1.29, 1.82) is 0 Å². The molecular weight excluding hydrogens is 289 g/mol. The van der Waals surface area contributed by atoms with Crippen molar-refractivity contribution in [2.45, 2.75) is 31.7 Å². The third-order valence-electron chi connectivity index (χ3n) is 3.58. The first-order valence-corrected chi connectivity index (χ1v) is 7.60. The highest BCUT2D eigenvalue weighted by Crippen LogP contribution is 2.33. The van der Waals surface area contributed by atoms with Gasteiger partial charge in [0, 0.05) is 5.54 Å². The number of benzene rings is 2. The first-order valence-electron chi connectivity index (χ1n) is 6.84. The van der Waals surface area contributed by atoms with Crippen LogP contribution in [0.25, 0.3) is 0 Å². The molecule has 2 aromatic rings. The maximum Gasteiger partial charge on any atom is 0.0625 e. The van der Waals surface area contributed by atoms with E-state index in [-0.39, 0.29) is 0 Å². The van der Waals surface area contributed by atoms with Gasteiger partial charge in [0.25, 0.3) is 0 Å². The second-order valence-electron chi connectivity index (χ2n) is 5.16. The van der Waals surface area contributed by atoms with Crippen LogP contribution in [-0.4, -0.2) is 0 Å². The van der Waals surface area contributed by atoms with E-state index in [0.717, 1.165) is 24.0 Å². The zero-order chi connectivity index (χ0) is 14.6. The normalized spacial score (nSPS) is 14.0. The van der Waals surface area contributed by atoms with E-state index in [9.17, 15) is 0 Å². The van der Waals surface area contributed by atoms with Crippen LogP contribution in [-0.2, 0) is 12.0 Å². The average molecular weight is 308 g/mol. The van der Waals surface area contributed by atoms with E-state index in [1.807, 2.05) is 30.3 Å². The van der Waals surface area contributed by atoms with Gasteiger partial charge in [-0.25, -0.2) is 0 Å². The maximum atomic E-state index is 6.68. The Kier molecular flexibility index (Phi) is 5.09. The van der Waals surface area contributed by atoms with Crippen LogP contribution in [0.5, 0.6) is 0 Å². The lowest BCUT2D eigenvalue weighted by Crippen LogP contribution is -2.39. The molecule has 2 aromatic carbocycles. The van der Waals surface area contributed by atoms with Crippen molar-refractivity contribution >= 4 is 23.2 Å². The third kappa shape index (κ3) is 3.35. The molecule has 106 valence electrons. The van der Waals surface area contributed by atoms with Crippen molar-refractivity contribution in [3.8, 4) is 0 Å². The topological polar surface area (TPSA) is 26.0 Å². The van der Waals surface area contributed by atoms with Crippen LogP contribution in [0.4, 0.5) is 0 Å². The van der Waals surface area contributed by atoms with E-state index in [1.54, 1.807) is 6.07 Å². The summed E-state index contributed by atoms with van der Waals surface area (Å²) in [7, 11) is 0. The average Bonchev–Trinajstić information content (AvgIpc) is 2.45. The Hall–Kier alpha value is -1.02. The Bertz CT molecular complexity index is 568.